The largest absolute Gasteiger partial charge is 0.319 e. The molecule has 0 aliphatic rings. The van der Waals surface area contributed by atoms with Crippen LogP contribution in [0, 0.1) is 0 Å². The first kappa shape index (κ1) is 10.8. The standard InChI is InChI=1S/C9H12ClN3O/c1-6(2)4-8(14)12-7-5-11-13(3)9(7)10/h4-5H,1-3H3,(H,12,14). The molecule has 14 heavy (non-hydrogen) atoms. The Balaban J connectivity index is 2.75. The SMILES string of the molecule is CC(C)=CC(=O)Nc1cnn(C)c1Cl. The van der Waals surface area contributed by atoms with Crippen LogP contribution >= 0.6 is 11.6 Å². The molecule has 0 aromatic carbocycles. The number of hydrogen-bond donors (Lipinski definition) is 1. The number of halogens is 1. The highest BCUT2D eigenvalue weighted by Gasteiger charge is 2.07. The van der Waals surface area contributed by atoms with Crippen molar-refractivity contribution in [3.05, 3.63) is 23.0 Å². The van der Waals surface area contributed by atoms with Gasteiger partial charge in [-0.1, -0.05) is 17.2 Å². The first-order chi connectivity index (χ1) is 6.50. The van der Waals surface area contributed by atoms with E-state index in [9.17, 15) is 4.79 Å². The predicted molar refractivity (Wildman–Crippen MR) is 56.3 cm³/mol. The maximum Gasteiger partial charge on any atom is 0.248 e. The van der Waals surface area contributed by atoms with Gasteiger partial charge in [0.25, 0.3) is 0 Å². The third kappa shape index (κ3) is 2.60. The van der Waals surface area contributed by atoms with Gasteiger partial charge in [-0.05, 0) is 13.8 Å². The maximum atomic E-state index is 11.3. The first-order valence-corrected chi connectivity index (χ1v) is 4.52. The fraction of sp³-hybridized carbons (Fsp3) is 0.333. The normalized spacial score (nSPS) is 9.71. The fourth-order valence-electron chi connectivity index (χ4n) is 0.937. The molecule has 1 aromatic rings. The molecule has 1 heterocycles. The van der Waals surface area contributed by atoms with Gasteiger partial charge in [0.1, 0.15) is 5.15 Å². The van der Waals surface area contributed by atoms with Gasteiger partial charge in [0.2, 0.25) is 5.91 Å². The minimum Gasteiger partial charge on any atom is -0.319 e. The molecular weight excluding hydrogens is 202 g/mol. The first-order valence-electron chi connectivity index (χ1n) is 4.14. The summed E-state index contributed by atoms with van der Waals surface area (Å²) >= 11 is 5.85. The molecule has 1 aromatic heterocycles. The van der Waals surface area contributed by atoms with Gasteiger partial charge in [-0.3, -0.25) is 9.48 Å². The number of nitrogens with zero attached hydrogens (tertiary/aromatic N) is 2. The van der Waals surface area contributed by atoms with E-state index in [1.165, 1.54) is 17.0 Å². The summed E-state index contributed by atoms with van der Waals surface area (Å²) in [5, 5.41) is 6.95. The minimum atomic E-state index is -0.195. The predicted octanol–water partition coefficient (Wildman–Crippen LogP) is 1.98. The summed E-state index contributed by atoms with van der Waals surface area (Å²) in [6.07, 6.45) is 3.02. The van der Waals surface area contributed by atoms with Crippen LogP contribution < -0.4 is 5.32 Å². The number of carbonyl (C=O) groups excluding carboxylic acids is 1. The van der Waals surface area contributed by atoms with Crippen molar-refractivity contribution < 1.29 is 4.79 Å². The van der Waals surface area contributed by atoms with Gasteiger partial charge >= 0.3 is 0 Å². The van der Waals surface area contributed by atoms with E-state index in [1.807, 2.05) is 13.8 Å². The van der Waals surface area contributed by atoms with E-state index in [-0.39, 0.29) is 5.91 Å². The van der Waals surface area contributed by atoms with E-state index < -0.39 is 0 Å². The highest BCUT2D eigenvalue weighted by Crippen LogP contribution is 2.19. The molecule has 0 atom stereocenters. The topological polar surface area (TPSA) is 46.9 Å². The summed E-state index contributed by atoms with van der Waals surface area (Å²) in [5.74, 6) is -0.195. The molecule has 5 heteroatoms. The number of carbonyl (C=O) groups is 1. The molecule has 0 aliphatic carbocycles. The van der Waals surface area contributed by atoms with Crippen LogP contribution in [0.5, 0.6) is 0 Å². The molecule has 0 saturated carbocycles. The van der Waals surface area contributed by atoms with Gasteiger partial charge in [0, 0.05) is 13.1 Å². The molecule has 0 radical (unpaired) electrons. The Morgan fingerprint density at radius 2 is 2.29 bits per heavy atom. The number of nitrogens with one attached hydrogen (secondary N) is 1. The van der Waals surface area contributed by atoms with E-state index in [2.05, 4.69) is 10.4 Å². The Morgan fingerprint density at radius 1 is 1.64 bits per heavy atom. The molecular formula is C9H12ClN3O. The van der Waals surface area contributed by atoms with E-state index in [1.54, 1.807) is 7.05 Å². The second-order valence-electron chi connectivity index (χ2n) is 3.18. The smallest absolute Gasteiger partial charge is 0.248 e. The van der Waals surface area contributed by atoms with Gasteiger partial charge in [0.15, 0.2) is 0 Å². The third-order valence-electron chi connectivity index (χ3n) is 1.54. The second-order valence-corrected chi connectivity index (χ2v) is 3.54. The summed E-state index contributed by atoms with van der Waals surface area (Å²) in [5.41, 5.74) is 1.46. The Bertz CT molecular complexity index is 377. The number of hydrogen-bond acceptors (Lipinski definition) is 2. The van der Waals surface area contributed by atoms with Crippen LogP contribution in [0.3, 0.4) is 0 Å². The number of anilines is 1. The van der Waals surface area contributed by atoms with Crippen molar-refractivity contribution in [2.24, 2.45) is 7.05 Å². The lowest BCUT2D eigenvalue weighted by atomic mass is 10.3. The van der Waals surface area contributed by atoms with Crippen LogP contribution in [0.2, 0.25) is 5.15 Å². The second kappa shape index (κ2) is 4.28. The fourth-order valence-corrected chi connectivity index (χ4v) is 1.08. The molecule has 0 saturated heterocycles. The molecule has 0 fully saturated rings. The third-order valence-corrected chi connectivity index (χ3v) is 1.99. The van der Waals surface area contributed by atoms with Crippen molar-refractivity contribution in [1.29, 1.82) is 0 Å². The summed E-state index contributed by atoms with van der Waals surface area (Å²) in [7, 11) is 1.71. The van der Waals surface area contributed by atoms with Crippen LogP contribution in [0.4, 0.5) is 5.69 Å². The van der Waals surface area contributed by atoms with Crippen molar-refractivity contribution in [3.63, 3.8) is 0 Å². The molecule has 0 spiro atoms. The average Bonchev–Trinajstić information content (AvgIpc) is 2.34. The van der Waals surface area contributed by atoms with Crippen molar-refractivity contribution >= 4 is 23.2 Å². The van der Waals surface area contributed by atoms with Crippen LogP contribution in [-0.2, 0) is 11.8 Å². The zero-order valence-corrected chi connectivity index (χ0v) is 9.09. The van der Waals surface area contributed by atoms with Crippen molar-refractivity contribution in [3.8, 4) is 0 Å². The van der Waals surface area contributed by atoms with Crippen LogP contribution in [0.1, 0.15) is 13.8 Å². The highest BCUT2D eigenvalue weighted by atomic mass is 35.5. The van der Waals surface area contributed by atoms with Crippen LogP contribution in [0.25, 0.3) is 0 Å². The van der Waals surface area contributed by atoms with Gasteiger partial charge in [-0.2, -0.15) is 5.10 Å². The monoisotopic (exact) mass is 213 g/mol. The Hall–Kier alpha value is -1.29. The van der Waals surface area contributed by atoms with Gasteiger partial charge in [-0.25, -0.2) is 0 Å². The summed E-state index contributed by atoms with van der Waals surface area (Å²) < 4.78 is 1.49. The molecule has 0 aliphatic heterocycles. The van der Waals surface area contributed by atoms with Crippen molar-refractivity contribution in [2.45, 2.75) is 13.8 Å². The number of amides is 1. The zero-order valence-electron chi connectivity index (χ0n) is 8.34. The summed E-state index contributed by atoms with van der Waals surface area (Å²) in [6, 6.07) is 0. The van der Waals surface area contributed by atoms with Crippen LogP contribution in [-0.4, -0.2) is 15.7 Å². The zero-order chi connectivity index (χ0) is 10.7. The Labute approximate surface area is 87.6 Å². The molecule has 1 rings (SSSR count). The Kier molecular flexibility index (Phi) is 3.30. The van der Waals surface area contributed by atoms with Crippen molar-refractivity contribution in [2.75, 3.05) is 5.32 Å². The van der Waals surface area contributed by atoms with E-state index in [0.29, 0.717) is 10.8 Å². The van der Waals surface area contributed by atoms with Crippen molar-refractivity contribution in [1.82, 2.24) is 9.78 Å². The van der Waals surface area contributed by atoms with Crippen LogP contribution in [0.15, 0.2) is 17.8 Å². The Morgan fingerprint density at radius 3 is 2.71 bits per heavy atom. The molecule has 1 N–H and O–H groups in total. The van der Waals surface area contributed by atoms with E-state index in [0.717, 1.165) is 5.57 Å². The summed E-state index contributed by atoms with van der Waals surface area (Å²) in [6.45, 7) is 3.70. The quantitative estimate of drug-likeness (QED) is 0.764. The lowest BCUT2D eigenvalue weighted by Gasteiger charge is -1.99. The van der Waals surface area contributed by atoms with Gasteiger partial charge < -0.3 is 5.32 Å². The number of rotatable bonds is 2. The molecule has 0 bridgehead atoms. The van der Waals surface area contributed by atoms with E-state index >= 15 is 0 Å². The van der Waals surface area contributed by atoms with E-state index in [4.69, 9.17) is 11.6 Å². The molecule has 0 unspecified atom stereocenters. The highest BCUT2D eigenvalue weighted by molar-refractivity contribution is 6.32. The molecule has 1 amide bonds. The molecule has 76 valence electrons. The lowest BCUT2D eigenvalue weighted by molar-refractivity contribution is -0.111. The lowest BCUT2D eigenvalue weighted by Crippen LogP contribution is -2.08. The molecule has 4 nitrogen and oxygen atoms in total. The van der Waals surface area contributed by atoms with Gasteiger partial charge in [0.05, 0.1) is 11.9 Å². The number of allylic oxidation sites excluding steroid dienone is 1. The maximum absolute atomic E-state index is 11.3. The average molecular weight is 214 g/mol. The minimum absolute atomic E-state index is 0.195. The van der Waals surface area contributed by atoms with Gasteiger partial charge in [-0.15, -0.1) is 0 Å². The summed E-state index contributed by atoms with van der Waals surface area (Å²) in [4.78, 5) is 11.3. The number of aromatic nitrogens is 2. The number of aryl methyl sites for hydroxylation is 1.